The first-order valence-corrected chi connectivity index (χ1v) is 12.7. The van der Waals surface area contributed by atoms with E-state index in [1.54, 1.807) is 14.2 Å². The second-order valence-corrected chi connectivity index (χ2v) is 8.56. The van der Waals surface area contributed by atoms with E-state index in [9.17, 15) is 0 Å². The number of rotatable bonds is 19. The van der Waals surface area contributed by atoms with Crippen molar-refractivity contribution in [1.29, 1.82) is 0 Å². The van der Waals surface area contributed by atoms with Crippen LogP contribution in [0.4, 0.5) is 0 Å². The van der Waals surface area contributed by atoms with Crippen molar-refractivity contribution in [1.82, 2.24) is 0 Å². The lowest BCUT2D eigenvalue weighted by atomic mass is 10.1. The summed E-state index contributed by atoms with van der Waals surface area (Å²) in [4.78, 5) is 0. The number of aliphatic hydroxyl groups excluding tert-OH is 1. The zero-order valence-electron chi connectivity index (χ0n) is 21.4. The van der Waals surface area contributed by atoms with Gasteiger partial charge >= 0.3 is 0 Å². The fourth-order valence-electron chi connectivity index (χ4n) is 3.90. The third kappa shape index (κ3) is 10.9. The van der Waals surface area contributed by atoms with Gasteiger partial charge in [-0.15, -0.1) is 6.42 Å². The van der Waals surface area contributed by atoms with Crippen LogP contribution in [0.2, 0.25) is 0 Å². The maximum absolute atomic E-state index is 8.79. The maximum atomic E-state index is 8.79. The Morgan fingerprint density at radius 3 is 1.91 bits per heavy atom. The lowest BCUT2D eigenvalue weighted by Gasteiger charge is -2.14. The Labute approximate surface area is 210 Å². The molecule has 0 aromatic heterocycles. The molecule has 0 heterocycles. The lowest BCUT2D eigenvalue weighted by molar-refractivity contribution is -0.686. The number of methoxy groups -OCH3 is 2. The Morgan fingerprint density at radius 1 is 0.771 bits per heavy atom. The molecule has 0 saturated carbocycles. The SMILES string of the molecule is C#CCOc1c(OC)cc(C[NH2+]Cc2ccc(OCCCCCCCCCCO)cc2)cc1OC. The normalized spacial score (nSPS) is 10.6. The summed E-state index contributed by atoms with van der Waals surface area (Å²) in [6, 6.07) is 12.3. The number of hydrogen-bond donors (Lipinski definition) is 2. The largest absolute Gasteiger partial charge is 0.494 e. The molecule has 6 nitrogen and oxygen atoms in total. The van der Waals surface area contributed by atoms with Crippen molar-refractivity contribution in [2.75, 3.05) is 34.0 Å². The molecule has 192 valence electrons. The highest BCUT2D eigenvalue weighted by Gasteiger charge is 2.14. The summed E-state index contributed by atoms with van der Waals surface area (Å²) in [7, 11) is 3.22. The van der Waals surface area contributed by atoms with Crippen LogP contribution in [0, 0.1) is 12.3 Å². The van der Waals surface area contributed by atoms with Crippen LogP contribution in [0.1, 0.15) is 62.5 Å². The molecule has 0 amide bonds. The van der Waals surface area contributed by atoms with Gasteiger partial charge in [-0.05, 0) is 49.2 Å². The smallest absolute Gasteiger partial charge is 0.204 e. The number of aliphatic hydroxyl groups is 1. The summed E-state index contributed by atoms with van der Waals surface area (Å²) in [6.45, 7) is 2.88. The molecule has 35 heavy (non-hydrogen) atoms. The van der Waals surface area contributed by atoms with Crippen LogP contribution in [0.3, 0.4) is 0 Å². The minimum atomic E-state index is 0.157. The van der Waals surface area contributed by atoms with Crippen LogP contribution in [0.15, 0.2) is 36.4 Å². The summed E-state index contributed by atoms with van der Waals surface area (Å²) in [5.74, 6) is 5.15. The first kappa shape index (κ1) is 28.4. The van der Waals surface area contributed by atoms with Crippen molar-refractivity contribution in [3.63, 3.8) is 0 Å². The summed E-state index contributed by atoms with van der Waals surface area (Å²) >= 11 is 0. The van der Waals surface area contributed by atoms with Gasteiger partial charge in [0.25, 0.3) is 0 Å². The molecule has 2 aromatic carbocycles. The van der Waals surface area contributed by atoms with E-state index in [1.165, 1.54) is 37.7 Å². The van der Waals surface area contributed by atoms with E-state index in [4.69, 9.17) is 30.5 Å². The van der Waals surface area contributed by atoms with Gasteiger partial charge in [0.2, 0.25) is 5.75 Å². The minimum Gasteiger partial charge on any atom is -0.494 e. The Kier molecular flexibility index (Phi) is 14.2. The van der Waals surface area contributed by atoms with Crippen molar-refractivity contribution < 1.29 is 29.4 Å². The fourth-order valence-corrected chi connectivity index (χ4v) is 3.90. The van der Waals surface area contributed by atoms with Gasteiger partial charge in [-0.1, -0.05) is 44.4 Å². The van der Waals surface area contributed by atoms with E-state index in [2.05, 4.69) is 23.4 Å². The van der Waals surface area contributed by atoms with Crippen molar-refractivity contribution in [2.45, 2.75) is 64.5 Å². The summed E-state index contributed by atoms with van der Waals surface area (Å²) < 4.78 is 22.4. The van der Waals surface area contributed by atoms with E-state index < -0.39 is 0 Å². The van der Waals surface area contributed by atoms with Crippen molar-refractivity contribution in [2.24, 2.45) is 0 Å². The van der Waals surface area contributed by atoms with Gasteiger partial charge in [0, 0.05) is 17.7 Å². The molecule has 3 N–H and O–H groups in total. The Hall–Kier alpha value is -2.88. The van der Waals surface area contributed by atoms with Crippen molar-refractivity contribution >= 4 is 0 Å². The average molecular weight is 485 g/mol. The van der Waals surface area contributed by atoms with E-state index in [1.807, 2.05) is 24.3 Å². The predicted molar refractivity (Wildman–Crippen MR) is 139 cm³/mol. The number of quaternary nitrogens is 1. The molecule has 0 unspecified atom stereocenters. The number of ether oxygens (including phenoxy) is 4. The third-order valence-corrected chi connectivity index (χ3v) is 5.82. The molecule has 0 fully saturated rings. The predicted octanol–water partition coefficient (Wildman–Crippen LogP) is 4.47. The molecule has 0 aliphatic rings. The molecule has 2 aromatic rings. The van der Waals surface area contributed by atoms with Crippen LogP contribution >= 0.6 is 0 Å². The molecular formula is C29H42NO5+. The monoisotopic (exact) mass is 484 g/mol. The number of terminal acetylenes is 1. The third-order valence-electron chi connectivity index (χ3n) is 5.82. The molecular weight excluding hydrogens is 442 g/mol. The van der Waals surface area contributed by atoms with Gasteiger partial charge in [-0.2, -0.15) is 0 Å². The molecule has 0 aliphatic carbocycles. The van der Waals surface area contributed by atoms with Crippen molar-refractivity contribution in [3.8, 4) is 35.3 Å². The van der Waals surface area contributed by atoms with Gasteiger partial charge < -0.3 is 29.4 Å². The van der Waals surface area contributed by atoms with Crippen LogP contribution in [0.5, 0.6) is 23.0 Å². The Morgan fingerprint density at radius 2 is 1.34 bits per heavy atom. The number of hydrogen-bond acceptors (Lipinski definition) is 5. The van der Waals surface area contributed by atoms with Crippen molar-refractivity contribution in [3.05, 3.63) is 47.5 Å². The number of nitrogens with two attached hydrogens (primary N) is 1. The zero-order valence-corrected chi connectivity index (χ0v) is 21.4. The number of unbranched alkanes of at least 4 members (excludes halogenated alkanes) is 7. The summed E-state index contributed by atoms with van der Waals surface area (Å²) in [5.41, 5.74) is 2.32. The first-order chi connectivity index (χ1) is 17.2. The summed E-state index contributed by atoms with van der Waals surface area (Å²) in [6.07, 6.45) is 14.7. The summed E-state index contributed by atoms with van der Waals surface area (Å²) in [5, 5.41) is 11.0. The van der Waals surface area contributed by atoms with Crippen LogP contribution in [0.25, 0.3) is 0 Å². The highest BCUT2D eigenvalue weighted by molar-refractivity contribution is 5.53. The molecule has 0 radical (unpaired) electrons. The molecule has 0 atom stereocenters. The van der Waals surface area contributed by atoms with E-state index in [0.29, 0.717) is 23.9 Å². The second-order valence-electron chi connectivity index (χ2n) is 8.56. The molecule has 0 saturated heterocycles. The average Bonchev–Trinajstić information content (AvgIpc) is 2.89. The zero-order chi connectivity index (χ0) is 25.1. The fraction of sp³-hybridized carbons (Fsp3) is 0.517. The van der Waals surface area contributed by atoms with Gasteiger partial charge in [0.15, 0.2) is 11.5 Å². The molecule has 2 rings (SSSR count). The molecule has 0 bridgehead atoms. The highest BCUT2D eigenvalue weighted by Crippen LogP contribution is 2.38. The van der Waals surface area contributed by atoms with Gasteiger partial charge in [0.05, 0.1) is 20.8 Å². The van der Waals surface area contributed by atoms with Gasteiger partial charge in [-0.3, -0.25) is 0 Å². The van der Waals surface area contributed by atoms with Gasteiger partial charge in [0.1, 0.15) is 25.4 Å². The Bertz CT molecular complexity index is 851. The van der Waals surface area contributed by atoms with Crippen LogP contribution in [-0.4, -0.2) is 39.1 Å². The van der Waals surface area contributed by atoms with Crippen LogP contribution < -0.4 is 24.3 Å². The topological polar surface area (TPSA) is 73.8 Å². The number of benzene rings is 2. The maximum Gasteiger partial charge on any atom is 0.204 e. The quantitative estimate of drug-likeness (QED) is 0.227. The van der Waals surface area contributed by atoms with Crippen LogP contribution in [-0.2, 0) is 13.1 Å². The standard InChI is InChI=1S/C29H41NO5/c1-4-18-35-29-27(32-2)20-25(21-28(29)33-3)23-30-22-24-13-15-26(16-14-24)34-19-12-10-8-6-5-7-9-11-17-31/h1,13-16,20-21,30-31H,5-12,17-19,22-23H2,2-3H3/p+1. The minimum absolute atomic E-state index is 0.157. The second kappa shape index (κ2) is 17.5. The molecule has 6 heteroatoms. The van der Waals surface area contributed by atoms with E-state index in [0.717, 1.165) is 50.3 Å². The van der Waals surface area contributed by atoms with Gasteiger partial charge in [-0.25, -0.2) is 0 Å². The molecule has 0 spiro atoms. The van der Waals surface area contributed by atoms with E-state index in [-0.39, 0.29) is 6.61 Å². The first-order valence-electron chi connectivity index (χ1n) is 12.7. The Balaban J connectivity index is 1.68. The van der Waals surface area contributed by atoms with E-state index >= 15 is 0 Å². The lowest BCUT2D eigenvalue weighted by Crippen LogP contribution is -2.80. The molecule has 0 aliphatic heterocycles. The highest BCUT2D eigenvalue weighted by atomic mass is 16.5.